The first kappa shape index (κ1) is 12.9. The number of aryl methyl sites for hydroxylation is 1. The fourth-order valence-electron chi connectivity index (χ4n) is 0.533. The van der Waals surface area contributed by atoms with Crippen LogP contribution < -0.4 is 0 Å². The van der Waals surface area contributed by atoms with Gasteiger partial charge in [-0.15, -0.1) is 12.4 Å². The van der Waals surface area contributed by atoms with Gasteiger partial charge in [0, 0.05) is 15.8 Å². The third kappa shape index (κ3) is 5.65. The smallest absolute Gasteiger partial charge is 0.0406 e. The van der Waals surface area contributed by atoms with E-state index in [2.05, 4.69) is 0 Å². The third-order valence-electron chi connectivity index (χ3n) is 1.01. The molecule has 0 heterocycles. The number of benzene rings is 1. The lowest BCUT2D eigenvalue weighted by atomic mass is 10.2. The Morgan fingerprint density at radius 2 is 1.45 bits per heavy atom. The molecule has 1 aromatic rings. The molecular weight excluding hydrogens is 183 g/mol. The number of rotatable bonds is 0. The van der Waals surface area contributed by atoms with Crippen LogP contribution in [0, 0.1) is 17.7 Å². The Labute approximate surface area is 77.0 Å². The molecule has 0 fully saturated rings. The molecule has 60 valence electrons. The lowest BCUT2D eigenvalue weighted by Crippen LogP contribution is -1.66. The summed E-state index contributed by atoms with van der Waals surface area (Å²) in [4.78, 5) is 0. The van der Waals surface area contributed by atoms with E-state index >= 15 is 0 Å². The average molecular weight is 191 g/mol. The van der Waals surface area contributed by atoms with E-state index in [4.69, 9.17) is 22.4 Å². The van der Waals surface area contributed by atoms with Gasteiger partial charge >= 0.3 is 0 Å². The van der Waals surface area contributed by atoms with E-state index in [0.717, 1.165) is 5.02 Å². The predicted molar refractivity (Wildman–Crippen MR) is 46.9 cm³/mol. The van der Waals surface area contributed by atoms with Gasteiger partial charge in [0.25, 0.3) is 0 Å². The van der Waals surface area contributed by atoms with Crippen molar-refractivity contribution in [3.8, 4) is 0 Å². The summed E-state index contributed by atoms with van der Waals surface area (Å²) >= 11 is 5.61. The summed E-state index contributed by atoms with van der Waals surface area (Å²) in [5.74, 6) is 0. The monoisotopic (exact) mass is 190 g/mol. The first-order valence-corrected chi connectivity index (χ1v) is 3.09. The lowest BCUT2D eigenvalue weighted by molar-refractivity contribution is 1.15. The van der Waals surface area contributed by atoms with E-state index < -0.39 is 0 Å². The van der Waals surface area contributed by atoms with Crippen LogP contribution in [-0.2, 0) is 0 Å². The number of nitrogens with zero attached hydrogens (tertiary/aromatic N) is 2. The highest BCUT2D eigenvalue weighted by Crippen LogP contribution is 2.07. The Balaban J connectivity index is 0. The standard InChI is InChI=1S/C7H7Cl.ClH.N2/c1-6-2-4-7(8)5-3-6;;1-2/h2-5H,1H3;1H;. The van der Waals surface area contributed by atoms with Crippen molar-refractivity contribution in [2.24, 2.45) is 0 Å². The number of hydrogen-bond acceptors (Lipinski definition) is 2. The highest BCUT2D eigenvalue weighted by Gasteiger charge is 1.81. The Bertz CT molecular complexity index is 184. The average Bonchev–Trinajstić information content (AvgIpc) is 2.00. The maximum absolute atomic E-state index is 6.00. The van der Waals surface area contributed by atoms with Crippen molar-refractivity contribution < 1.29 is 0 Å². The number of hydrogen-bond donors (Lipinski definition) is 0. The minimum Gasteiger partial charge on any atom is -0.147 e. The molecule has 4 heteroatoms. The fraction of sp³-hybridized carbons (Fsp3) is 0.143. The minimum absolute atomic E-state index is 0. The van der Waals surface area contributed by atoms with Crippen molar-refractivity contribution in [2.45, 2.75) is 6.92 Å². The molecule has 0 bridgehead atoms. The highest BCUT2D eigenvalue weighted by atomic mass is 35.5. The van der Waals surface area contributed by atoms with Gasteiger partial charge in [0.15, 0.2) is 0 Å². The SMILES string of the molecule is Cc1ccc(Cl)cc1.Cl.N#N. The fourth-order valence-corrected chi connectivity index (χ4v) is 0.659. The van der Waals surface area contributed by atoms with E-state index in [1.165, 1.54) is 5.56 Å². The summed E-state index contributed by atoms with van der Waals surface area (Å²) in [7, 11) is 0. The van der Waals surface area contributed by atoms with Gasteiger partial charge < -0.3 is 0 Å². The second kappa shape index (κ2) is 7.33. The molecule has 0 N–H and O–H groups in total. The topological polar surface area (TPSA) is 47.6 Å². The van der Waals surface area contributed by atoms with Gasteiger partial charge in [0.1, 0.15) is 0 Å². The van der Waals surface area contributed by atoms with E-state index in [1.807, 2.05) is 31.2 Å². The van der Waals surface area contributed by atoms with Gasteiger partial charge in [-0.3, -0.25) is 0 Å². The van der Waals surface area contributed by atoms with Crippen LogP contribution >= 0.6 is 24.0 Å². The highest BCUT2D eigenvalue weighted by molar-refractivity contribution is 6.30. The summed E-state index contributed by atoms with van der Waals surface area (Å²) in [6.07, 6.45) is 0. The second-order valence-corrected chi connectivity index (χ2v) is 2.23. The van der Waals surface area contributed by atoms with E-state index in [9.17, 15) is 0 Å². The minimum atomic E-state index is 0. The molecule has 0 aliphatic rings. The van der Waals surface area contributed by atoms with Crippen molar-refractivity contribution in [2.75, 3.05) is 0 Å². The van der Waals surface area contributed by atoms with Gasteiger partial charge in [0.05, 0.1) is 0 Å². The van der Waals surface area contributed by atoms with Gasteiger partial charge in [0.2, 0.25) is 0 Å². The summed E-state index contributed by atoms with van der Waals surface area (Å²) in [6, 6.07) is 7.75. The normalized spacial score (nSPS) is 6.91. The van der Waals surface area contributed by atoms with Crippen molar-refractivity contribution in [3.05, 3.63) is 34.9 Å². The van der Waals surface area contributed by atoms with Crippen LogP contribution in [0.2, 0.25) is 5.02 Å². The Hall–Kier alpha value is -0.780. The molecule has 2 nitrogen and oxygen atoms in total. The van der Waals surface area contributed by atoms with E-state index in [1.54, 1.807) is 0 Å². The molecule has 0 radical (unpaired) electrons. The second-order valence-electron chi connectivity index (χ2n) is 1.80. The summed E-state index contributed by atoms with van der Waals surface area (Å²) in [5.41, 5.74) is 1.24. The number of halogens is 2. The zero-order valence-corrected chi connectivity index (χ0v) is 7.56. The van der Waals surface area contributed by atoms with Crippen LogP contribution in [0.4, 0.5) is 0 Å². The summed E-state index contributed by atoms with van der Waals surface area (Å²) < 4.78 is 0. The molecule has 0 saturated carbocycles. The van der Waals surface area contributed by atoms with Crippen LogP contribution in [0.25, 0.3) is 0 Å². The van der Waals surface area contributed by atoms with Gasteiger partial charge in [-0.05, 0) is 19.1 Å². The van der Waals surface area contributed by atoms with Crippen molar-refractivity contribution in [3.63, 3.8) is 0 Å². The maximum Gasteiger partial charge on any atom is 0.0406 e. The lowest BCUT2D eigenvalue weighted by Gasteiger charge is -1.88. The molecule has 0 amide bonds. The van der Waals surface area contributed by atoms with Crippen LogP contribution in [0.15, 0.2) is 24.3 Å². The molecule has 11 heavy (non-hydrogen) atoms. The molecule has 0 aliphatic heterocycles. The Morgan fingerprint density at radius 1 is 1.09 bits per heavy atom. The predicted octanol–water partition coefficient (Wildman–Crippen LogP) is 3.10. The van der Waals surface area contributed by atoms with Gasteiger partial charge in [-0.2, -0.15) is 0 Å². The molecule has 0 spiro atoms. The maximum atomic E-state index is 6.00. The van der Waals surface area contributed by atoms with Crippen molar-refractivity contribution in [1.29, 1.82) is 10.8 Å². The molecule has 0 unspecified atom stereocenters. The van der Waals surface area contributed by atoms with Crippen LogP contribution in [0.3, 0.4) is 0 Å². The largest absolute Gasteiger partial charge is 0.147 e. The quantitative estimate of drug-likeness (QED) is 0.591. The Morgan fingerprint density at radius 3 is 1.73 bits per heavy atom. The molecular formula is C7H8Cl2N2. The van der Waals surface area contributed by atoms with Crippen LogP contribution in [0.1, 0.15) is 5.56 Å². The molecule has 0 atom stereocenters. The van der Waals surface area contributed by atoms with Crippen LogP contribution in [0.5, 0.6) is 0 Å². The zero-order valence-electron chi connectivity index (χ0n) is 5.99. The molecule has 0 saturated heterocycles. The van der Waals surface area contributed by atoms with E-state index in [0.29, 0.717) is 0 Å². The van der Waals surface area contributed by atoms with Crippen LogP contribution in [-0.4, -0.2) is 0 Å². The first-order chi connectivity index (χ1) is 4.79. The van der Waals surface area contributed by atoms with Crippen molar-refractivity contribution >= 4 is 24.0 Å². The van der Waals surface area contributed by atoms with E-state index in [-0.39, 0.29) is 12.4 Å². The van der Waals surface area contributed by atoms with Gasteiger partial charge in [-0.1, -0.05) is 29.3 Å². The Kier molecular flexibility index (Phi) is 8.57. The molecule has 0 aliphatic carbocycles. The van der Waals surface area contributed by atoms with Gasteiger partial charge in [-0.25, -0.2) is 0 Å². The molecule has 1 aromatic carbocycles. The van der Waals surface area contributed by atoms with Crippen molar-refractivity contribution in [1.82, 2.24) is 0 Å². The first-order valence-electron chi connectivity index (χ1n) is 2.71. The summed E-state index contributed by atoms with van der Waals surface area (Å²) in [5, 5.41) is 12.8. The molecule has 0 aromatic heterocycles. The molecule has 1 rings (SSSR count). The third-order valence-corrected chi connectivity index (χ3v) is 1.26. The summed E-state index contributed by atoms with van der Waals surface area (Å²) in [6.45, 7) is 2.04. The zero-order chi connectivity index (χ0) is 7.98.